The number of halogens is 1. The second kappa shape index (κ2) is 9.81. The number of hydrogen-bond donors (Lipinski definition) is 4. The van der Waals surface area contributed by atoms with Crippen molar-refractivity contribution in [3.8, 4) is 0 Å². The van der Waals surface area contributed by atoms with Crippen molar-refractivity contribution in [2.24, 2.45) is 22.7 Å². The fourth-order valence-corrected chi connectivity index (χ4v) is 8.65. The molecule has 6 rings (SSSR count). The molecule has 5 atom stereocenters. The van der Waals surface area contributed by atoms with Crippen LogP contribution >= 0.6 is 0 Å². The first-order valence-electron chi connectivity index (χ1n) is 14.0. The first-order chi connectivity index (χ1) is 17.9. The zero-order valence-corrected chi connectivity index (χ0v) is 22.7. The van der Waals surface area contributed by atoms with Crippen LogP contribution in [0.2, 0.25) is 0 Å². The van der Waals surface area contributed by atoms with E-state index in [2.05, 4.69) is 29.8 Å². The van der Waals surface area contributed by atoms with Crippen molar-refractivity contribution in [3.63, 3.8) is 0 Å². The fourth-order valence-electron chi connectivity index (χ4n) is 8.65. The van der Waals surface area contributed by atoms with Crippen molar-refractivity contribution in [3.05, 3.63) is 29.6 Å². The number of amides is 4. The van der Waals surface area contributed by atoms with E-state index in [1.165, 1.54) is 37.5 Å². The topological polar surface area (TPSA) is 111 Å². The van der Waals surface area contributed by atoms with Gasteiger partial charge in [-0.2, -0.15) is 0 Å². The standard InChI is InChI=1S/C29H41FN4O4/c1-18(35)14-31-24(36)20-6-8-34(9-7-20)25(37)21-4-5-23(22(30)10-21)32-26(38)33-29-13-19-11-27(2,16-29)15-28(3,12-19)17-29/h4-5,10,18-20,35H,6-9,11-17H2,1-3H3,(H,31,36)(H2,32,33,38)/t18?,19?,27-,28+,29?. The number of aliphatic hydroxyl groups is 1. The molecule has 4 saturated carbocycles. The molecule has 0 spiro atoms. The molecule has 1 aliphatic heterocycles. The highest BCUT2D eigenvalue weighted by molar-refractivity contribution is 5.96. The Morgan fingerprint density at radius 1 is 1.08 bits per heavy atom. The lowest BCUT2D eigenvalue weighted by atomic mass is 9.43. The molecule has 0 radical (unpaired) electrons. The van der Waals surface area contributed by atoms with Crippen molar-refractivity contribution in [1.82, 2.24) is 15.5 Å². The first kappa shape index (κ1) is 26.9. The van der Waals surface area contributed by atoms with Crippen molar-refractivity contribution in [2.75, 3.05) is 25.0 Å². The minimum Gasteiger partial charge on any atom is -0.392 e. The van der Waals surface area contributed by atoms with E-state index in [1.807, 2.05) is 0 Å². The molecule has 1 heterocycles. The average molecular weight is 529 g/mol. The predicted molar refractivity (Wildman–Crippen MR) is 142 cm³/mol. The van der Waals surface area contributed by atoms with Crippen molar-refractivity contribution >= 4 is 23.5 Å². The van der Waals surface area contributed by atoms with Crippen molar-refractivity contribution < 1.29 is 23.9 Å². The number of carbonyl (C=O) groups excluding carboxylic acids is 3. The van der Waals surface area contributed by atoms with Gasteiger partial charge in [0.15, 0.2) is 0 Å². The largest absolute Gasteiger partial charge is 0.392 e. The van der Waals surface area contributed by atoms with E-state index >= 15 is 0 Å². The number of hydrogen-bond acceptors (Lipinski definition) is 4. The number of anilines is 1. The molecule has 38 heavy (non-hydrogen) atoms. The van der Waals surface area contributed by atoms with Gasteiger partial charge < -0.3 is 26.0 Å². The Kier molecular flexibility index (Phi) is 6.95. The highest BCUT2D eigenvalue weighted by atomic mass is 19.1. The summed E-state index contributed by atoms with van der Waals surface area (Å²) in [6, 6.07) is 3.76. The Bertz CT molecular complexity index is 1100. The number of aliphatic hydroxyl groups excluding tert-OH is 1. The summed E-state index contributed by atoms with van der Waals surface area (Å²) < 4.78 is 15.0. The lowest BCUT2D eigenvalue weighted by Gasteiger charge is -2.65. The Hall–Kier alpha value is -2.68. The van der Waals surface area contributed by atoms with E-state index in [0.29, 0.717) is 31.8 Å². The van der Waals surface area contributed by atoms with Gasteiger partial charge in [0.2, 0.25) is 5.91 Å². The molecule has 4 bridgehead atoms. The molecule has 5 aliphatic rings. The Morgan fingerprint density at radius 3 is 2.32 bits per heavy atom. The number of urea groups is 1. The first-order valence-corrected chi connectivity index (χ1v) is 14.0. The molecule has 5 fully saturated rings. The van der Waals surface area contributed by atoms with Gasteiger partial charge in [-0.25, -0.2) is 9.18 Å². The summed E-state index contributed by atoms with van der Waals surface area (Å²) in [6.07, 6.45) is 7.00. The minimum absolute atomic E-state index is 0.0506. The van der Waals surface area contributed by atoms with E-state index < -0.39 is 18.0 Å². The third kappa shape index (κ3) is 5.53. The zero-order valence-electron chi connectivity index (χ0n) is 22.7. The Labute approximate surface area is 224 Å². The van der Waals surface area contributed by atoms with Gasteiger partial charge in [-0.1, -0.05) is 13.8 Å². The third-order valence-corrected chi connectivity index (χ3v) is 9.19. The Morgan fingerprint density at radius 2 is 1.74 bits per heavy atom. The fraction of sp³-hybridized carbons (Fsp3) is 0.690. The molecule has 9 heteroatoms. The maximum atomic E-state index is 15.0. The maximum Gasteiger partial charge on any atom is 0.319 e. The second-order valence-corrected chi connectivity index (χ2v) is 13.3. The molecule has 4 N–H and O–H groups in total. The number of benzene rings is 1. The van der Waals surface area contributed by atoms with Crippen LogP contribution in [-0.2, 0) is 4.79 Å². The van der Waals surface area contributed by atoms with Crippen LogP contribution < -0.4 is 16.0 Å². The van der Waals surface area contributed by atoms with Crippen LogP contribution in [0.1, 0.15) is 82.5 Å². The van der Waals surface area contributed by atoms with Gasteiger partial charge >= 0.3 is 6.03 Å². The van der Waals surface area contributed by atoms with Crippen LogP contribution in [-0.4, -0.2) is 59.1 Å². The van der Waals surface area contributed by atoms with E-state index in [0.717, 1.165) is 19.3 Å². The smallest absolute Gasteiger partial charge is 0.319 e. The molecule has 8 nitrogen and oxygen atoms in total. The van der Waals surface area contributed by atoms with Gasteiger partial charge in [-0.15, -0.1) is 0 Å². The average Bonchev–Trinajstić information content (AvgIpc) is 2.80. The number of piperidine rings is 1. The summed E-state index contributed by atoms with van der Waals surface area (Å²) in [7, 11) is 0. The van der Waals surface area contributed by atoms with Crippen LogP contribution in [0.15, 0.2) is 18.2 Å². The third-order valence-electron chi connectivity index (χ3n) is 9.19. The number of rotatable bonds is 6. The van der Waals surface area contributed by atoms with Gasteiger partial charge in [-0.05, 0) is 93.2 Å². The lowest BCUT2D eigenvalue weighted by Crippen LogP contribution is -2.65. The summed E-state index contributed by atoms with van der Waals surface area (Å²) >= 11 is 0. The molecular formula is C29H41FN4O4. The summed E-state index contributed by atoms with van der Waals surface area (Å²) in [4.78, 5) is 39.8. The van der Waals surface area contributed by atoms with Crippen LogP contribution in [0.5, 0.6) is 0 Å². The molecule has 1 saturated heterocycles. The lowest BCUT2D eigenvalue weighted by molar-refractivity contribution is -0.126. The molecule has 3 unspecified atom stereocenters. The molecule has 208 valence electrons. The second-order valence-electron chi connectivity index (χ2n) is 13.3. The molecule has 1 aromatic carbocycles. The highest BCUT2D eigenvalue weighted by Crippen LogP contribution is 2.66. The minimum atomic E-state index is -0.650. The van der Waals surface area contributed by atoms with Crippen LogP contribution in [0.3, 0.4) is 0 Å². The van der Waals surface area contributed by atoms with E-state index in [1.54, 1.807) is 11.8 Å². The van der Waals surface area contributed by atoms with E-state index in [-0.39, 0.29) is 51.9 Å². The summed E-state index contributed by atoms with van der Waals surface area (Å²) in [5.74, 6) is -0.638. The molecule has 0 aromatic heterocycles. The van der Waals surface area contributed by atoms with E-state index in [9.17, 15) is 23.9 Å². The summed E-state index contributed by atoms with van der Waals surface area (Å²) in [5, 5.41) is 18.0. The number of likely N-dealkylation sites (tertiary alicyclic amines) is 1. The van der Waals surface area contributed by atoms with Gasteiger partial charge in [0.1, 0.15) is 5.82 Å². The van der Waals surface area contributed by atoms with Crippen LogP contribution in [0, 0.1) is 28.5 Å². The number of nitrogens with zero attached hydrogens (tertiary/aromatic N) is 1. The van der Waals surface area contributed by atoms with Gasteiger partial charge in [0.25, 0.3) is 5.91 Å². The monoisotopic (exact) mass is 528 g/mol. The molecular weight excluding hydrogens is 487 g/mol. The molecule has 4 aliphatic carbocycles. The number of carbonyl (C=O) groups is 3. The van der Waals surface area contributed by atoms with Crippen molar-refractivity contribution in [2.45, 2.75) is 83.8 Å². The van der Waals surface area contributed by atoms with Crippen LogP contribution in [0.25, 0.3) is 0 Å². The van der Waals surface area contributed by atoms with Crippen molar-refractivity contribution in [1.29, 1.82) is 0 Å². The normalized spacial score (nSPS) is 33.1. The Balaban J connectivity index is 1.16. The summed E-state index contributed by atoms with van der Waals surface area (Å²) in [5.41, 5.74) is 0.538. The van der Waals surface area contributed by atoms with Crippen LogP contribution in [0.4, 0.5) is 14.9 Å². The predicted octanol–water partition coefficient (Wildman–Crippen LogP) is 4.05. The maximum absolute atomic E-state index is 15.0. The van der Waals surface area contributed by atoms with Gasteiger partial charge in [-0.3, -0.25) is 9.59 Å². The molecule has 4 amide bonds. The zero-order chi connectivity index (χ0) is 27.3. The SMILES string of the molecule is CC(O)CNC(=O)C1CCN(C(=O)c2ccc(NC(=O)NC34CC5C[C@@](C)(C3)C[C@](C)(C5)C4)c(F)c2)CC1. The number of nitrogens with one attached hydrogen (secondary N) is 3. The van der Waals surface area contributed by atoms with E-state index in [4.69, 9.17) is 0 Å². The summed E-state index contributed by atoms with van der Waals surface area (Å²) in [6.45, 7) is 7.30. The van der Waals surface area contributed by atoms with Gasteiger partial charge in [0.05, 0.1) is 11.8 Å². The highest BCUT2D eigenvalue weighted by Gasteiger charge is 2.60. The quantitative estimate of drug-likeness (QED) is 0.447. The van der Waals surface area contributed by atoms with Gasteiger partial charge in [0, 0.05) is 36.7 Å². The molecule has 1 aromatic rings.